The number of amides is 1. The number of nitrogens with zero attached hydrogens (tertiary/aromatic N) is 3. The van der Waals surface area contributed by atoms with E-state index in [-0.39, 0.29) is 5.91 Å². The smallest absolute Gasteiger partial charge is 0.273 e. The molecule has 0 aliphatic carbocycles. The zero-order chi connectivity index (χ0) is 21.1. The molecule has 0 N–H and O–H groups in total. The summed E-state index contributed by atoms with van der Waals surface area (Å²) in [6.45, 7) is 5.12. The summed E-state index contributed by atoms with van der Waals surface area (Å²) in [5.41, 5.74) is 3.80. The molecule has 4 rings (SSSR count). The van der Waals surface area contributed by atoms with Gasteiger partial charge in [0, 0.05) is 37.2 Å². The molecular weight excluding hydrogens is 398 g/mol. The van der Waals surface area contributed by atoms with Crippen molar-refractivity contribution < 1.29 is 14.3 Å². The van der Waals surface area contributed by atoms with Gasteiger partial charge in [-0.1, -0.05) is 24.3 Å². The Balaban J connectivity index is 1.48. The maximum atomic E-state index is 13.0. The number of rotatable bonds is 5. The van der Waals surface area contributed by atoms with Gasteiger partial charge in [0.15, 0.2) is 11.5 Å². The zero-order valence-electron chi connectivity index (χ0n) is 17.4. The molecule has 0 spiro atoms. The molecule has 30 heavy (non-hydrogen) atoms. The van der Waals surface area contributed by atoms with E-state index in [0.717, 1.165) is 23.7 Å². The van der Waals surface area contributed by atoms with Crippen molar-refractivity contribution in [1.82, 2.24) is 9.88 Å². The minimum Gasteiger partial charge on any atom is -0.493 e. The first-order valence-electron chi connectivity index (χ1n) is 9.89. The third kappa shape index (κ3) is 3.85. The van der Waals surface area contributed by atoms with Crippen LogP contribution in [-0.4, -0.2) is 56.2 Å². The van der Waals surface area contributed by atoms with Crippen molar-refractivity contribution in [3.63, 3.8) is 0 Å². The summed E-state index contributed by atoms with van der Waals surface area (Å²) >= 11 is 1.44. The lowest BCUT2D eigenvalue weighted by atomic mass is 10.1. The Morgan fingerprint density at radius 1 is 1.00 bits per heavy atom. The van der Waals surface area contributed by atoms with Crippen LogP contribution in [0.15, 0.2) is 47.8 Å². The van der Waals surface area contributed by atoms with Gasteiger partial charge >= 0.3 is 0 Å². The maximum Gasteiger partial charge on any atom is 0.273 e. The number of aromatic nitrogens is 1. The second-order valence-corrected chi connectivity index (χ2v) is 8.00. The highest BCUT2D eigenvalue weighted by Crippen LogP contribution is 2.39. The number of para-hydroxylation sites is 2. The van der Waals surface area contributed by atoms with Crippen molar-refractivity contribution in [2.45, 2.75) is 6.92 Å². The molecule has 2 aromatic carbocycles. The Labute approximate surface area is 180 Å². The van der Waals surface area contributed by atoms with Crippen molar-refractivity contribution in [2.75, 3.05) is 45.3 Å². The molecule has 1 aliphatic rings. The van der Waals surface area contributed by atoms with Crippen molar-refractivity contribution in [1.29, 1.82) is 0 Å². The molecule has 1 fully saturated rings. The number of thiazole rings is 1. The second-order valence-electron chi connectivity index (χ2n) is 7.14. The molecule has 1 saturated heterocycles. The van der Waals surface area contributed by atoms with E-state index in [1.54, 1.807) is 14.2 Å². The Morgan fingerprint density at radius 3 is 2.47 bits per heavy atom. The summed E-state index contributed by atoms with van der Waals surface area (Å²) in [7, 11) is 3.21. The lowest BCUT2D eigenvalue weighted by Gasteiger charge is -2.36. The monoisotopic (exact) mass is 423 g/mol. The van der Waals surface area contributed by atoms with Gasteiger partial charge in [0.25, 0.3) is 5.91 Å². The van der Waals surface area contributed by atoms with Crippen LogP contribution in [0.25, 0.3) is 10.6 Å². The quantitative estimate of drug-likeness (QED) is 0.619. The fourth-order valence-electron chi connectivity index (χ4n) is 3.78. The van der Waals surface area contributed by atoms with E-state index in [4.69, 9.17) is 9.47 Å². The van der Waals surface area contributed by atoms with Gasteiger partial charge in [-0.25, -0.2) is 4.98 Å². The number of carbonyl (C=O) groups excluding carboxylic acids is 1. The van der Waals surface area contributed by atoms with E-state index in [1.807, 2.05) is 28.5 Å². The van der Waals surface area contributed by atoms with Crippen molar-refractivity contribution >= 4 is 22.9 Å². The first kappa shape index (κ1) is 20.2. The summed E-state index contributed by atoms with van der Waals surface area (Å²) in [5, 5.41) is 2.57. The third-order valence-electron chi connectivity index (χ3n) is 5.38. The highest BCUT2D eigenvalue weighted by atomic mass is 32.1. The number of methoxy groups -OCH3 is 2. The van der Waals surface area contributed by atoms with E-state index in [0.29, 0.717) is 30.3 Å². The molecule has 0 bridgehead atoms. The lowest BCUT2D eigenvalue weighted by Crippen LogP contribution is -2.49. The molecule has 0 unspecified atom stereocenters. The number of aryl methyl sites for hydroxylation is 1. The van der Waals surface area contributed by atoms with Crippen LogP contribution in [0.2, 0.25) is 0 Å². The highest BCUT2D eigenvalue weighted by Gasteiger charge is 2.25. The van der Waals surface area contributed by atoms with Gasteiger partial charge in [-0.05, 0) is 30.7 Å². The predicted octanol–water partition coefficient (Wildman–Crippen LogP) is 4.10. The fourth-order valence-corrected chi connectivity index (χ4v) is 4.60. The van der Waals surface area contributed by atoms with Crippen molar-refractivity contribution in [3.8, 4) is 22.1 Å². The van der Waals surface area contributed by atoms with Crippen LogP contribution in [0, 0.1) is 6.92 Å². The number of hydrogen-bond acceptors (Lipinski definition) is 6. The summed E-state index contributed by atoms with van der Waals surface area (Å²) in [5.74, 6) is 1.24. The van der Waals surface area contributed by atoms with Crippen LogP contribution in [-0.2, 0) is 0 Å². The number of ether oxygens (including phenoxy) is 2. The summed E-state index contributed by atoms with van der Waals surface area (Å²) in [4.78, 5) is 21.9. The van der Waals surface area contributed by atoms with Crippen molar-refractivity contribution in [2.24, 2.45) is 0 Å². The number of piperazine rings is 1. The molecule has 7 heteroatoms. The summed E-state index contributed by atoms with van der Waals surface area (Å²) in [6.07, 6.45) is 0. The average molecular weight is 424 g/mol. The highest BCUT2D eigenvalue weighted by molar-refractivity contribution is 7.13. The fraction of sp³-hybridized carbons (Fsp3) is 0.304. The predicted molar refractivity (Wildman–Crippen MR) is 120 cm³/mol. The van der Waals surface area contributed by atoms with Crippen molar-refractivity contribution in [3.05, 3.63) is 59.1 Å². The number of benzene rings is 2. The standard InChI is InChI=1S/C23H25N3O3S/c1-16-7-4-5-9-19(16)25-11-13-26(14-12-25)23(27)18-15-30-22(24-18)17-8-6-10-20(28-2)21(17)29-3/h4-10,15H,11-14H2,1-3H3. The Morgan fingerprint density at radius 2 is 1.77 bits per heavy atom. The molecule has 2 heterocycles. The molecule has 6 nitrogen and oxygen atoms in total. The molecule has 0 radical (unpaired) electrons. The van der Waals surface area contributed by atoms with E-state index in [1.165, 1.54) is 22.6 Å². The molecule has 1 aromatic heterocycles. The normalized spacial score (nSPS) is 14.0. The molecule has 156 valence electrons. The summed E-state index contributed by atoms with van der Waals surface area (Å²) in [6, 6.07) is 14.0. The Kier molecular flexibility index (Phi) is 5.90. The number of anilines is 1. The molecule has 0 saturated carbocycles. The number of carbonyl (C=O) groups is 1. The molecule has 1 aliphatic heterocycles. The van der Waals surface area contributed by atoms with Crippen LogP contribution < -0.4 is 14.4 Å². The minimum absolute atomic E-state index is 0.0243. The molecule has 0 atom stereocenters. The summed E-state index contributed by atoms with van der Waals surface area (Å²) < 4.78 is 10.9. The van der Waals surface area contributed by atoms with Crippen LogP contribution in [0.3, 0.4) is 0 Å². The first-order chi connectivity index (χ1) is 14.6. The second kappa shape index (κ2) is 8.75. The van der Waals surface area contributed by atoms with Crippen LogP contribution in [0.1, 0.15) is 16.1 Å². The maximum absolute atomic E-state index is 13.0. The zero-order valence-corrected chi connectivity index (χ0v) is 18.2. The van der Waals surface area contributed by atoms with Gasteiger partial charge in [-0.3, -0.25) is 4.79 Å². The van der Waals surface area contributed by atoms with Gasteiger partial charge < -0.3 is 19.3 Å². The third-order valence-corrected chi connectivity index (χ3v) is 6.26. The van der Waals surface area contributed by atoms with Crippen LogP contribution >= 0.6 is 11.3 Å². The topological polar surface area (TPSA) is 54.9 Å². The Bertz CT molecular complexity index is 1040. The van der Waals surface area contributed by atoms with Crippen LogP contribution in [0.4, 0.5) is 5.69 Å². The van der Waals surface area contributed by atoms with Gasteiger partial charge in [0.2, 0.25) is 0 Å². The van der Waals surface area contributed by atoms with Gasteiger partial charge in [0.1, 0.15) is 10.7 Å². The van der Waals surface area contributed by atoms with E-state index < -0.39 is 0 Å². The van der Waals surface area contributed by atoms with Crippen LogP contribution in [0.5, 0.6) is 11.5 Å². The van der Waals surface area contributed by atoms with Gasteiger partial charge in [-0.15, -0.1) is 11.3 Å². The molecule has 3 aromatic rings. The van der Waals surface area contributed by atoms with E-state index in [9.17, 15) is 4.79 Å². The average Bonchev–Trinajstić information content (AvgIpc) is 3.28. The number of hydrogen-bond donors (Lipinski definition) is 0. The van der Waals surface area contributed by atoms with E-state index >= 15 is 0 Å². The SMILES string of the molecule is COc1cccc(-c2nc(C(=O)N3CCN(c4ccccc4C)CC3)cs2)c1OC. The van der Waals surface area contributed by atoms with E-state index in [2.05, 4.69) is 41.1 Å². The minimum atomic E-state index is -0.0243. The largest absolute Gasteiger partial charge is 0.493 e. The van der Waals surface area contributed by atoms with Gasteiger partial charge in [-0.2, -0.15) is 0 Å². The molecular formula is C23H25N3O3S. The Hall–Kier alpha value is -3.06. The lowest BCUT2D eigenvalue weighted by molar-refractivity contribution is 0.0742. The van der Waals surface area contributed by atoms with Gasteiger partial charge in [0.05, 0.1) is 19.8 Å². The molecule has 1 amide bonds. The first-order valence-corrected chi connectivity index (χ1v) is 10.8.